The van der Waals surface area contributed by atoms with E-state index in [0.29, 0.717) is 5.69 Å². The molecule has 2 N–H and O–H groups in total. The van der Waals surface area contributed by atoms with Crippen LogP contribution >= 0.6 is 0 Å². The minimum Gasteiger partial charge on any atom is -0.347 e. The Balaban J connectivity index is 2.29. The number of amides is 3. The van der Waals surface area contributed by atoms with E-state index >= 15 is 0 Å². The van der Waals surface area contributed by atoms with Gasteiger partial charge in [0.15, 0.2) is 0 Å². The van der Waals surface area contributed by atoms with Crippen LogP contribution in [0.25, 0.3) is 0 Å². The molecule has 0 atom stereocenters. The molecule has 0 radical (unpaired) electrons. The van der Waals surface area contributed by atoms with Gasteiger partial charge in [-0.25, -0.2) is 4.39 Å². The van der Waals surface area contributed by atoms with Gasteiger partial charge in [0.2, 0.25) is 17.7 Å². The Bertz CT molecular complexity index is 532. The first-order valence-corrected chi connectivity index (χ1v) is 6.40. The molecule has 0 aliphatic heterocycles. The van der Waals surface area contributed by atoms with Crippen molar-refractivity contribution in [3.05, 3.63) is 30.1 Å². The molecule has 114 valence electrons. The Labute approximate surface area is 122 Å². The minimum atomic E-state index is -0.451. The lowest BCUT2D eigenvalue weighted by atomic mass is 10.2. The van der Waals surface area contributed by atoms with Gasteiger partial charge in [0.1, 0.15) is 5.82 Å². The predicted molar refractivity (Wildman–Crippen MR) is 76.0 cm³/mol. The number of hydrogen-bond donors (Lipinski definition) is 2. The number of anilines is 1. The van der Waals surface area contributed by atoms with Crippen molar-refractivity contribution in [3.8, 4) is 0 Å². The average molecular weight is 295 g/mol. The largest absolute Gasteiger partial charge is 0.347 e. The lowest BCUT2D eigenvalue weighted by molar-refractivity contribution is -0.131. The highest BCUT2D eigenvalue weighted by atomic mass is 19.1. The maximum atomic E-state index is 12.9. The van der Waals surface area contributed by atoms with Crippen molar-refractivity contribution in [3.63, 3.8) is 0 Å². The quantitative estimate of drug-likeness (QED) is 0.813. The van der Waals surface area contributed by atoms with Crippen molar-refractivity contribution < 1.29 is 18.8 Å². The minimum absolute atomic E-state index is 0.0398. The van der Waals surface area contributed by atoms with Crippen LogP contribution in [0.3, 0.4) is 0 Å². The summed E-state index contributed by atoms with van der Waals surface area (Å²) in [4.78, 5) is 35.7. The molecule has 0 unspecified atom stereocenters. The molecular weight excluding hydrogens is 277 g/mol. The summed E-state index contributed by atoms with van der Waals surface area (Å²) in [7, 11) is 3.17. The van der Waals surface area contributed by atoms with Crippen LogP contribution in [0, 0.1) is 5.82 Å². The fourth-order valence-electron chi connectivity index (χ4n) is 1.44. The van der Waals surface area contributed by atoms with Gasteiger partial charge in [-0.15, -0.1) is 0 Å². The molecule has 0 fully saturated rings. The van der Waals surface area contributed by atoms with E-state index in [4.69, 9.17) is 0 Å². The molecule has 0 bridgehead atoms. The summed E-state index contributed by atoms with van der Waals surface area (Å²) >= 11 is 0. The van der Waals surface area contributed by atoms with Crippen molar-refractivity contribution in [2.75, 3.05) is 26.0 Å². The highest BCUT2D eigenvalue weighted by Gasteiger charge is 2.10. The van der Waals surface area contributed by atoms with Crippen LogP contribution in [0.1, 0.15) is 12.8 Å². The fourth-order valence-corrected chi connectivity index (χ4v) is 1.44. The van der Waals surface area contributed by atoms with Crippen molar-refractivity contribution in [2.24, 2.45) is 0 Å². The molecule has 0 spiro atoms. The Morgan fingerprint density at radius 2 is 1.81 bits per heavy atom. The summed E-state index contributed by atoms with van der Waals surface area (Å²) < 4.78 is 12.9. The summed E-state index contributed by atoms with van der Waals surface area (Å²) in [6.45, 7) is -0.0999. The summed E-state index contributed by atoms with van der Waals surface area (Å²) in [5.41, 5.74) is 0.336. The Hall–Kier alpha value is -2.44. The van der Waals surface area contributed by atoms with Crippen molar-refractivity contribution in [1.29, 1.82) is 0 Å². The van der Waals surface area contributed by atoms with Crippen molar-refractivity contribution >= 4 is 23.4 Å². The number of benzene rings is 1. The number of carbonyl (C=O) groups excluding carboxylic acids is 3. The number of halogens is 1. The molecule has 0 aliphatic rings. The molecule has 1 aromatic carbocycles. The zero-order chi connectivity index (χ0) is 15.8. The summed E-state index contributed by atoms with van der Waals surface area (Å²) in [6, 6.07) is 5.49. The van der Waals surface area contributed by atoms with Gasteiger partial charge in [-0.1, -0.05) is 6.07 Å². The lowest BCUT2D eigenvalue weighted by Gasteiger charge is -2.10. The van der Waals surface area contributed by atoms with E-state index in [0.717, 1.165) is 0 Å². The normalized spacial score (nSPS) is 9.86. The molecule has 3 amide bonds. The zero-order valence-corrected chi connectivity index (χ0v) is 12.0. The van der Waals surface area contributed by atoms with Crippen LogP contribution in [0.4, 0.5) is 10.1 Å². The van der Waals surface area contributed by atoms with Crippen molar-refractivity contribution in [1.82, 2.24) is 10.2 Å². The number of carbonyl (C=O) groups is 3. The first-order valence-electron chi connectivity index (χ1n) is 6.40. The first-order chi connectivity index (χ1) is 9.88. The van der Waals surface area contributed by atoms with Gasteiger partial charge < -0.3 is 15.5 Å². The van der Waals surface area contributed by atoms with Gasteiger partial charge in [-0.3, -0.25) is 14.4 Å². The molecule has 7 heteroatoms. The van der Waals surface area contributed by atoms with Crippen LogP contribution in [-0.2, 0) is 14.4 Å². The molecular formula is C14H18FN3O3. The molecule has 0 saturated heterocycles. The van der Waals surface area contributed by atoms with Crippen LogP contribution in [-0.4, -0.2) is 43.3 Å². The van der Waals surface area contributed by atoms with E-state index in [1.807, 2.05) is 0 Å². The van der Waals surface area contributed by atoms with Gasteiger partial charge in [0.25, 0.3) is 0 Å². The molecule has 1 rings (SSSR count). The second-order valence-electron chi connectivity index (χ2n) is 4.62. The van der Waals surface area contributed by atoms with Gasteiger partial charge in [-0.05, 0) is 18.2 Å². The van der Waals surface area contributed by atoms with Crippen LogP contribution in [0.15, 0.2) is 24.3 Å². The van der Waals surface area contributed by atoms with Gasteiger partial charge in [-0.2, -0.15) is 0 Å². The monoisotopic (exact) mass is 295 g/mol. The summed E-state index contributed by atoms with van der Waals surface area (Å²) in [6.07, 6.45) is -0.0830. The van der Waals surface area contributed by atoms with E-state index in [2.05, 4.69) is 10.6 Å². The third kappa shape index (κ3) is 6.51. The second-order valence-corrected chi connectivity index (χ2v) is 4.62. The standard InChI is InChI=1S/C14H18FN3O3/c1-18(2)14(21)9-16-12(19)6-7-13(20)17-11-5-3-4-10(15)8-11/h3-5,8H,6-7,9H2,1-2H3,(H,16,19)(H,17,20). The third-order valence-corrected chi connectivity index (χ3v) is 2.62. The molecule has 0 aromatic heterocycles. The lowest BCUT2D eigenvalue weighted by Crippen LogP contribution is -2.36. The highest BCUT2D eigenvalue weighted by Crippen LogP contribution is 2.09. The summed E-state index contributed by atoms with van der Waals surface area (Å²) in [5.74, 6) is -1.46. The van der Waals surface area contributed by atoms with Gasteiger partial charge in [0.05, 0.1) is 6.54 Å². The topological polar surface area (TPSA) is 78.5 Å². The van der Waals surface area contributed by atoms with Crippen LogP contribution < -0.4 is 10.6 Å². The van der Waals surface area contributed by atoms with E-state index < -0.39 is 11.7 Å². The van der Waals surface area contributed by atoms with E-state index in [1.54, 1.807) is 20.2 Å². The number of likely N-dealkylation sites (N-methyl/N-ethyl adjacent to an activating group) is 1. The molecule has 0 saturated carbocycles. The molecule has 21 heavy (non-hydrogen) atoms. The smallest absolute Gasteiger partial charge is 0.241 e. The molecule has 1 aromatic rings. The van der Waals surface area contributed by atoms with Crippen LogP contribution in [0.2, 0.25) is 0 Å². The fraction of sp³-hybridized carbons (Fsp3) is 0.357. The molecule has 6 nitrogen and oxygen atoms in total. The first kappa shape index (κ1) is 16.6. The van der Waals surface area contributed by atoms with Crippen LogP contribution in [0.5, 0.6) is 0 Å². The maximum Gasteiger partial charge on any atom is 0.241 e. The Kier molecular flexibility index (Phi) is 6.32. The maximum absolute atomic E-state index is 12.9. The molecule has 0 heterocycles. The third-order valence-electron chi connectivity index (χ3n) is 2.62. The number of rotatable bonds is 6. The number of nitrogens with zero attached hydrogens (tertiary/aromatic N) is 1. The van der Waals surface area contributed by atoms with E-state index in [-0.39, 0.29) is 31.2 Å². The van der Waals surface area contributed by atoms with Gasteiger partial charge >= 0.3 is 0 Å². The average Bonchev–Trinajstić information content (AvgIpc) is 2.42. The van der Waals surface area contributed by atoms with Gasteiger partial charge in [0, 0.05) is 32.6 Å². The highest BCUT2D eigenvalue weighted by molar-refractivity contribution is 5.93. The Morgan fingerprint density at radius 3 is 2.43 bits per heavy atom. The SMILES string of the molecule is CN(C)C(=O)CNC(=O)CCC(=O)Nc1cccc(F)c1. The molecule has 0 aliphatic carbocycles. The van der Waals surface area contributed by atoms with Crippen molar-refractivity contribution in [2.45, 2.75) is 12.8 Å². The predicted octanol–water partition coefficient (Wildman–Crippen LogP) is 0.749. The van der Waals surface area contributed by atoms with E-state index in [1.165, 1.54) is 23.1 Å². The number of nitrogens with one attached hydrogen (secondary N) is 2. The number of hydrogen-bond acceptors (Lipinski definition) is 3. The Morgan fingerprint density at radius 1 is 1.14 bits per heavy atom. The second kappa shape index (κ2) is 7.98. The summed E-state index contributed by atoms with van der Waals surface area (Å²) in [5, 5.41) is 4.91. The van der Waals surface area contributed by atoms with E-state index in [9.17, 15) is 18.8 Å². The zero-order valence-electron chi connectivity index (χ0n) is 12.0.